The maximum Gasteiger partial charge on any atom is 0.220 e. The molecule has 1 aliphatic rings. The van der Waals surface area contributed by atoms with Crippen LogP contribution in [0, 0.1) is 0 Å². The Hall–Kier alpha value is -1.98. The van der Waals surface area contributed by atoms with Gasteiger partial charge in [0.05, 0.1) is 0 Å². The van der Waals surface area contributed by atoms with Gasteiger partial charge in [-0.15, -0.1) is 11.8 Å². The maximum atomic E-state index is 12.4. The highest BCUT2D eigenvalue weighted by Gasteiger charge is 2.37. The summed E-state index contributed by atoms with van der Waals surface area (Å²) in [6.07, 6.45) is 5.09. The van der Waals surface area contributed by atoms with E-state index < -0.39 is 0 Å². The van der Waals surface area contributed by atoms with E-state index in [2.05, 4.69) is 41.2 Å². The number of hydrogen-bond acceptors (Lipinski definition) is 3. The van der Waals surface area contributed by atoms with Gasteiger partial charge in [-0.25, -0.2) is 0 Å². The van der Waals surface area contributed by atoms with Crippen LogP contribution in [0.5, 0.6) is 0 Å². The van der Waals surface area contributed by atoms with Gasteiger partial charge < -0.3 is 10.6 Å². The first-order chi connectivity index (χ1) is 13.5. The average molecular weight is 417 g/mol. The van der Waals surface area contributed by atoms with Crippen LogP contribution in [0.2, 0.25) is 5.02 Å². The molecule has 28 heavy (non-hydrogen) atoms. The average Bonchev–Trinajstić information content (AvgIpc) is 3.06. The summed E-state index contributed by atoms with van der Waals surface area (Å²) >= 11 is 7.69. The van der Waals surface area contributed by atoms with Gasteiger partial charge in [0, 0.05) is 34.8 Å². The molecule has 1 atom stereocenters. The summed E-state index contributed by atoms with van der Waals surface area (Å²) in [6.45, 7) is 0.453. The molecule has 0 saturated carbocycles. The quantitative estimate of drug-likeness (QED) is 0.629. The van der Waals surface area contributed by atoms with E-state index in [9.17, 15) is 9.59 Å². The SMILES string of the molecule is CSc1ccc(CC2(CCC(=O)NCc3cccc(Cl)c3)CCC(=O)N2)cc1. The lowest BCUT2D eigenvalue weighted by atomic mass is 9.85. The first kappa shape index (κ1) is 20.7. The highest BCUT2D eigenvalue weighted by Crippen LogP contribution is 2.30. The van der Waals surface area contributed by atoms with Gasteiger partial charge in [0.1, 0.15) is 0 Å². The van der Waals surface area contributed by atoms with Crippen LogP contribution in [-0.2, 0) is 22.6 Å². The predicted octanol–water partition coefficient (Wildman–Crippen LogP) is 4.35. The fourth-order valence-electron chi connectivity index (χ4n) is 3.60. The Morgan fingerprint density at radius 1 is 1.21 bits per heavy atom. The molecule has 0 radical (unpaired) electrons. The lowest BCUT2D eigenvalue weighted by molar-refractivity contribution is -0.122. The van der Waals surface area contributed by atoms with Crippen LogP contribution < -0.4 is 10.6 Å². The first-order valence-electron chi connectivity index (χ1n) is 9.43. The minimum Gasteiger partial charge on any atom is -0.352 e. The van der Waals surface area contributed by atoms with Gasteiger partial charge in [-0.1, -0.05) is 35.9 Å². The summed E-state index contributed by atoms with van der Waals surface area (Å²) in [5, 5.41) is 6.74. The predicted molar refractivity (Wildman–Crippen MR) is 115 cm³/mol. The minimum atomic E-state index is -0.342. The van der Waals surface area contributed by atoms with E-state index in [0.29, 0.717) is 30.8 Å². The van der Waals surface area contributed by atoms with Gasteiger partial charge in [0.2, 0.25) is 11.8 Å². The number of benzene rings is 2. The lowest BCUT2D eigenvalue weighted by Crippen LogP contribution is -2.44. The normalized spacial score (nSPS) is 18.7. The Morgan fingerprint density at radius 3 is 2.64 bits per heavy atom. The number of nitrogens with one attached hydrogen (secondary N) is 2. The molecular formula is C22H25ClN2O2S. The molecular weight excluding hydrogens is 392 g/mol. The van der Waals surface area contributed by atoms with Gasteiger partial charge in [0.25, 0.3) is 0 Å². The Kier molecular flexibility index (Phi) is 7.03. The third-order valence-corrected chi connectivity index (χ3v) is 6.12. The van der Waals surface area contributed by atoms with Crippen molar-refractivity contribution in [1.82, 2.24) is 10.6 Å². The van der Waals surface area contributed by atoms with Crippen LogP contribution in [-0.4, -0.2) is 23.6 Å². The highest BCUT2D eigenvalue weighted by molar-refractivity contribution is 7.98. The molecule has 3 rings (SSSR count). The topological polar surface area (TPSA) is 58.2 Å². The fraction of sp³-hybridized carbons (Fsp3) is 0.364. The van der Waals surface area contributed by atoms with Gasteiger partial charge in [-0.3, -0.25) is 9.59 Å². The largest absolute Gasteiger partial charge is 0.352 e. The van der Waals surface area contributed by atoms with Crippen molar-refractivity contribution in [3.05, 3.63) is 64.7 Å². The highest BCUT2D eigenvalue weighted by atomic mass is 35.5. The van der Waals surface area contributed by atoms with Crippen LogP contribution in [0.25, 0.3) is 0 Å². The number of hydrogen-bond donors (Lipinski definition) is 2. The molecule has 2 amide bonds. The Labute approximate surface area is 175 Å². The molecule has 1 aliphatic heterocycles. The van der Waals surface area contributed by atoms with Crippen molar-refractivity contribution in [2.45, 2.75) is 49.1 Å². The van der Waals surface area contributed by atoms with E-state index in [1.807, 2.05) is 24.3 Å². The second kappa shape index (κ2) is 9.48. The lowest BCUT2D eigenvalue weighted by Gasteiger charge is -2.29. The number of halogens is 1. The minimum absolute atomic E-state index is 0.0155. The Balaban J connectivity index is 1.57. The number of carbonyl (C=O) groups is 2. The zero-order chi connectivity index (χ0) is 20.0. The van der Waals surface area contributed by atoms with Crippen LogP contribution in [0.15, 0.2) is 53.4 Å². The third kappa shape index (κ3) is 5.76. The third-order valence-electron chi connectivity index (χ3n) is 5.15. The summed E-state index contributed by atoms with van der Waals surface area (Å²) in [5.74, 6) is 0.0540. The number of amides is 2. The molecule has 6 heteroatoms. The Bertz CT molecular complexity index is 841. The van der Waals surface area contributed by atoms with Crippen LogP contribution >= 0.6 is 23.4 Å². The van der Waals surface area contributed by atoms with E-state index in [4.69, 9.17) is 11.6 Å². The number of carbonyl (C=O) groups excluding carboxylic acids is 2. The molecule has 0 spiro atoms. The Morgan fingerprint density at radius 2 is 2.00 bits per heavy atom. The van der Waals surface area contributed by atoms with Gasteiger partial charge in [-0.2, -0.15) is 0 Å². The van der Waals surface area contributed by atoms with Crippen molar-refractivity contribution in [3.63, 3.8) is 0 Å². The summed E-state index contributed by atoms with van der Waals surface area (Å²) in [4.78, 5) is 25.5. The van der Waals surface area contributed by atoms with E-state index in [0.717, 1.165) is 18.4 Å². The van der Waals surface area contributed by atoms with Crippen molar-refractivity contribution in [2.75, 3.05) is 6.26 Å². The van der Waals surface area contributed by atoms with Gasteiger partial charge >= 0.3 is 0 Å². The van der Waals surface area contributed by atoms with E-state index in [1.165, 1.54) is 10.5 Å². The summed E-state index contributed by atoms with van der Waals surface area (Å²) < 4.78 is 0. The zero-order valence-electron chi connectivity index (χ0n) is 16.0. The molecule has 1 heterocycles. The molecule has 0 bridgehead atoms. The molecule has 148 valence electrons. The summed E-state index contributed by atoms with van der Waals surface area (Å²) in [7, 11) is 0. The fourth-order valence-corrected chi connectivity index (χ4v) is 4.23. The first-order valence-corrected chi connectivity index (χ1v) is 11.0. The van der Waals surface area contributed by atoms with Gasteiger partial charge in [0.15, 0.2) is 0 Å². The van der Waals surface area contributed by atoms with Crippen LogP contribution in [0.4, 0.5) is 0 Å². The molecule has 2 N–H and O–H groups in total. The number of thioether (sulfide) groups is 1. The molecule has 1 unspecified atom stereocenters. The number of rotatable bonds is 8. The summed E-state index contributed by atoms with van der Waals surface area (Å²) in [6, 6.07) is 15.9. The molecule has 4 nitrogen and oxygen atoms in total. The van der Waals surface area contributed by atoms with Crippen LogP contribution in [0.3, 0.4) is 0 Å². The maximum absolute atomic E-state index is 12.4. The van der Waals surface area contributed by atoms with E-state index in [-0.39, 0.29) is 17.4 Å². The zero-order valence-corrected chi connectivity index (χ0v) is 17.5. The monoisotopic (exact) mass is 416 g/mol. The molecule has 2 aromatic carbocycles. The van der Waals surface area contributed by atoms with E-state index >= 15 is 0 Å². The van der Waals surface area contributed by atoms with Crippen molar-refractivity contribution in [1.29, 1.82) is 0 Å². The molecule has 1 fully saturated rings. The smallest absolute Gasteiger partial charge is 0.220 e. The molecule has 0 aliphatic carbocycles. The van der Waals surface area contributed by atoms with Crippen molar-refractivity contribution in [3.8, 4) is 0 Å². The molecule has 0 aromatic heterocycles. The van der Waals surface area contributed by atoms with Crippen LogP contribution in [0.1, 0.15) is 36.8 Å². The summed E-state index contributed by atoms with van der Waals surface area (Å²) in [5.41, 5.74) is 1.81. The second-order valence-electron chi connectivity index (χ2n) is 7.26. The van der Waals surface area contributed by atoms with Gasteiger partial charge in [-0.05, 0) is 60.9 Å². The second-order valence-corrected chi connectivity index (χ2v) is 8.58. The van der Waals surface area contributed by atoms with E-state index in [1.54, 1.807) is 11.8 Å². The van der Waals surface area contributed by atoms with Crippen molar-refractivity contribution < 1.29 is 9.59 Å². The molecule has 2 aromatic rings. The van der Waals surface area contributed by atoms with Crippen molar-refractivity contribution in [2.24, 2.45) is 0 Å². The standard InChI is InChI=1S/C22H25ClN2O2S/c1-28-19-7-5-16(6-8-19)14-22(12-10-21(27)25-22)11-9-20(26)24-15-17-3-2-4-18(23)13-17/h2-8,13H,9-12,14-15H2,1H3,(H,24,26)(H,25,27). The van der Waals surface area contributed by atoms with Crippen molar-refractivity contribution >= 4 is 35.2 Å². The molecule has 1 saturated heterocycles.